The predicted octanol–water partition coefficient (Wildman–Crippen LogP) is 14.7. The molecule has 2 heterocycles. The molecule has 0 saturated heterocycles. The molecule has 0 atom stereocenters. The molecular weight excluding hydrogens is 677 g/mol. The van der Waals surface area contributed by atoms with Crippen molar-refractivity contribution in [2.75, 3.05) is 0 Å². The first-order valence-electron chi connectivity index (χ1n) is 19.3. The molecule has 0 bridgehead atoms. The molecule has 0 aliphatic heterocycles. The highest BCUT2D eigenvalue weighted by molar-refractivity contribution is 6.29. The Morgan fingerprint density at radius 1 is 0.250 bits per heavy atom. The van der Waals surface area contributed by atoms with E-state index in [2.05, 4.69) is 215 Å². The minimum absolute atomic E-state index is 1.17. The lowest BCUT2D eigenvalue weighted by molar-refractivity contribution is 1.18. The number of hydrogen-bond donors (Lipinski definition) is 0. The minimum Gasteiger partial charge on any atom is -0.309 e. The molecule has 0 saturated carbocycles. The molecule has 12 aromatic rings. The van der Waals surface area contributed by atoms with Crippen LogP contribution >= 0.6 is 0 Å². The second-order valence-corrected chi connectivity index (χ2v) is 14.9. The van der Waals surface area contributed by atoms with Gasteiger partial charge in [-0.1, -0.05) is 146 Å². The molecule has 0 aliphatic carbocycles. The van der Waals surface area contributed by atoms with Gasteiger partial charge in [-0.25, -0.2) is 0 Å². The van der Waals surface area contributed by atoms with E-state index in [1.807, 2.05) is 0 Å². The summed E-state index contributed by atoms with van der Waals surface area (Å²) in [6, 6.07) is 75.7. The summed E-state index contributed by atoms with van der Waals surface area (Å²) in [5.74, 6) is 0. The van der Waals surface area contributed by atoms with Gasteiger partial charge in [0.2, 0.25) is 0 Å². The van der Waals surface area contributed by atoms with Gasteiger partial charge in [0, 0.05) is 32.9 Å². The number of benzene rings is 10. The van der Waals surface area contributed by atoms with E-state index in [1.54, 1.807) is 0 Å². The smallest absolute Gasteiger partial charge is 0.0547 e. The Morgan fingerprint density at radius 3 is 1.45 bits per heavy atom. The lowest BCUT2D eigenvalue weighted by atomic mass is 9.93. The van der Waals surface area contributed by atoms with Crippen molar-refractivity contribution in [1.82, 2.24) is 9.13 Å². The standard InChI is InChI=1S/C54H34N2/c1-2-13-41(14-3-1)56-51-31-27-37-11-4-5-15-44(37)53(51)54-48-34-39-12-10-18-43(47(39)33-40(48)28-32-52(54)56)38-23-21-35(22-24-38)36-25-29-42(30-26-36)55-49-19-8-6-16-45(49)46-17-7-9-20-50(46)55/h1-34H. The highest BCUT2D eigenvalue weighted by atomic mass is 15.0. The van der Waals surface area contributed by atoms with E-state index in [-0.39, 0.29) is 0 Å². The summed E-state index contributed by atoms with van der Waals surface area (Å²) in [6.07, 6.45) is 0. The van der Waals surface area contributed by atoms with Crippen LogP contribution in [-0.4, -0.2) is 9.13 Å². The summed E-state index contributed by atoms with van der Waals surface area (Å²) in [5, 5.41) is 12.7. The molecule has 0 radical (unpaired) electrons. The minimum atomic E-state index is 1.17. The Labute approximate surface area is 323 Å². The van der Waals surface area contributed by atoms with Gasteiger partial charge in [0.15, 0.2) is 0 Å². The molecule has 0 unspecified atom stereocenters. The van der Waals surface area contributed by atoms with Gasteiger partial charge >= 0.3 is 0 Å². The lowest BCUT2D eigenvalue weighted by Gasteiger charge is -2.12. The van der Waals surface area contributed by atoms with Crippen LogP contribution in [-0.2, 0) is 0 Å². The Kier molecular flexibility index (Phi) is 6.66. The fraction of sp³-hybridized carbons (Fsp3) is 0. The summed E-state index contributed by atoms with van der Waals surface area (Å²) in [7, 11) is 0. The average molecular weight is 711 g/mol. The van der Waals surface area contributed by atoms with E-state index in [0.717, 1.165) is 0 Å². The molecule has 0 spiro atoms. The summed E-state index contributed by atoms with van der Waals surface area (Å²) in [4.78, 5) is 0. The van der Waals surface area contributed by atoms with Crippen LogP contribution in [0.4, 0.5) is 0 Å². The summed E-state index contributed by atoms with van der Waals surface area (Å²) in [6.45, 7) is 0. The van der Waals surface area contributed by atoms with Crippen molar-refractivity contribution in [2.45, 2.75) is 0 Å². The summed E-state index contributed by atoms with van der Waals surface area (Å²) in [5.41, 5.74) is 12.1. The Hall–Kier alpha value is -7.42. The number of nitrogens with zero attached hydrogens (tertiary/aromatic N) is 2. The van der Waals surface area contributed by atoms with Crippen molar-refractivity contribution in [3.05, 3.63) is 206 Å². The second-order valence-electron chi connectivity index (χ2n) is 14.9. The number of aromatic nitrogens is 2. The summed E-state index contributed by atoms with van der Waals surface area (Å²) >= 11 is 0. The maximum atomic E-state index is 2.43. The fourth-order valence-electron chi connectivity index (χ4n) is 9.33. The molecule has 0 aliphatic rings. The van der Waals surface area contributed by atoms with E-state index in [1.165, 1.54) is 110 Å². The zero-order valence-electron chi connectivity index (χ0n) is 30.5. The fourth-order valence-corrected chi connectivity index (χ4v) is 9.33. The first-order chi connectivity index (χ1) is 27.8. The quantitative estimate of drug-likeness (QED) is 0.161. The molecule has 0 amide bonds. The zero-order chi connectivity index (χ0) is 36.7. The monoisotopic (exact) mass is 710 g/mol. The van der Waals surface area contributed by atoms with Crippen molar-refractivity contribution < 1.29 is 0 Å². The highest BCUT2D eigenvalue weighted by Gasteiger charge is 2.18. The van der Waals surface area contributed by atoms with Gasteiger partial charge in [0.1, 0.15) is 0 Å². The summed E-state index contributed by atoms with van der Waals surface area (Å²) < 4.78 is 4.80. The van der Waals surface area contributed by atoms with Gasteiger partial charge in [-0.3, -0.25) is 0 Å². The second kappa shape index (κ2) is 12.0. The molecule has 0 fully saturated rings. The van der Waals surface area contributed by atoms with Crippen LogP contribution in [0, 0.1) is 0 Å². The molecule has 2 aromatic heterocycles. The van der Waals surface area contributed by atoms with E-state index in [9.17, 15) is 0 Å². The number of fused-ring (bicyclic) bond motifs is 11. The normalized spacial score (nSPS) is 11.9. The zero-order valence-corrected chi connectivity index (χ0v) is 30.5. The predicted molar refractivity (Wildman–Crippen MR) is 239 cm³/mol. The average Bonchev–Trinajstić information content (AvgIpc) is 3.80. The highest BCUT2D eigenvalue weighted by Crippen LogP contribution is 2.43. The van der Waals surface area contributed by atoms with Crippen LogP contribution in [0.5, 0.6) is 0 Å². The lowest BCUT2D eigenvalue weighted by Crippen LogP contribution is -1.93. The van der Waals surface area contributed by atoms with E-state index in [4.69, 9.17) is 0 Å². The van der Waals surface area contributed by atoms with Gasteiger partial charge in [-0.15, -0.1) is 0 Å². The number of para-hydroxylation sites is 3. The van der Waals surface area contributed by atoms with Crippen LogP contribution < -0.4 is 0 Å². The van der Waals surface area contributed by atoms with Crippen molar-refractivity contribution in [3.63, 3.8) is 0 Å². The molecule has 12 rings (SSSR count). The maximum Gasteiger partial charge on any atom is 0.0547 e. The maximum absolute atomic E-state index is 2.43. The topological polar surface area (TPSA) is 9.86 Å². The van der Waals surface area contributed by atoms with Gasteiger partial charge in [0.25, 0.3) is 0 Å². The van der Waals surface area contributed by atoms with Crippen molar-refractivity contribution in [2.24, 2.45) is 0 Å². The van der Waals surface area contributed by atoms with Crippen LogP contribution in [0.25, 0.3) is 110 Å². The SMILES string of the molecule is c1ccc(-n2c3ccc4ccccc4c3c3c4cc5cccc(-c6ccc(-c7ccc(-n8c9ccccc9c9ccccc98)cc7)cc6)c5cc4ccc32)cc1. The Morgan fingerprint density at radius 2 is 0.732 bits per heavy atom. The molecular formula is C54H34N2. The van der Waals surface area contributed by atoms with E-state index < -0.39 is 0 Å². The van der Waals surface area contributed by atoms with Crippen LogP contribution in [0.1, 0.15) is 0 Å². The van der Waals surface area contributed by atoms with Crippen LogP contribution in [0.3, 0.4) is 0 Å². The van der Waals surface area contributed by atoms with Gasteiger partial charge in [0.05, 0.1) is 22.1 Å². The molecule has 0 N–H and O–H groups in total. The first-order valence-corrected chi connectivity index (χ1v) is 19.3. The molecule has 10 aromatic carbocycles. The van der Waals surface area contributed by atoms with Crippen molar-refractivity contribution in [3.8, 4) is 33.6 Å². The third kappa shape index (κ3) is 4.57. The molecule has 2 heteroatoms. The number of hydrogen-bond acceptors (Lipinski definition) is 0. The third-order valence-corrected chi connectivity index (χ3v) is 11.9. The van der Waals surface area contributed by atoms with Crippen molar-refractivity contribution >= 4 is 75.9 Å². The van der Waals surface area contributed by atoms with Crippen molar-refractivity contribution in [1.29, 1.82) is 0 Å². The van der Waals surface area contributed by atoms with Gasteiger partial charge in [-0.05, 0) is 115 Å². The third-order valence-electron chi connectivity index (χ3n) is 11.9. The molecule has 56 heavy (non-hydrogen) atoms. The molecule has 260 valence electrons. The van der Waals surface area contributed by atoms with E-state index in [0.29, 0.717) is 0 Å². The van der Waals surface area contributed by atoms with Crippen LogP contribution in [0.2, 0.25) is 0 Å². The molecule has 2 nitrogen and oxygen atoms in total. The van der Waals surface area contributed by atoms with Crippen LogP contribution in [0.15, 0.2) is 206 Å². The van der Waals surface area contributed by atoms with Gasteiger partial charge < -0.3 is 9.13 Å². The van der Waals surface area contributed by atoms with Gasteiger partial charge in [-0.2, -0.15) is 0 Å². The Bertz CT molecular complexity index is 3440. The first kappa shape index (κ1) is 31.0. The largest absolute Gasteiger partial charge is 0.309 e. The number of rotatable bonds is 4. The van der Waals surface area contributed by atoms with E-state index >= 15 is 0 Å². The Balaban J connectivity index is 0.961.